The van der Waals surface area contributed by atoms with Crippen LogP contribution < -0.4 is 9.64 Å². The fraction of sp³-hybridized carbons (Fsp3) is 0.120. The van der Waals surface area contributed by atoms with Crippen LogP contribution in [0, 0.1) is 13.8 Å². The van der Waals surface area contributed by atoms with E-state index in [0.717, 1.165) is 33.8 Å². The monoisotopic (exact) mass is 414 g/mol. The van der Waals surface area contributed by atoms with Crippen molar-refractivity contribution in [1.82, 2.24) is 0 Å². The Bertz CT molecular complexity index is 1170. The number of hydrogen-bond acceptors (Lipinski definition) is 4. The molecule has 1 amide bonds. The Hall–Kier alpha value is -3.31. The minimum atomic E-state index is -0.0835. The molecule has 1 aliphatic rings. The first kappa shape index (κ1) is 20.0. The molecular weight excluding hydrogens is 392 g/mol. The average Bonchev–Trinajstić information content (AvgIpc) is 3.03. The molecule has 0 spiro atoms. The zero-order valence-corrected chi connectivity index (χ0v) is 17.9. The highest BCUT2D eigenvalue weighted by Crippen LogP contribution is 2.37. The lowest BCUT2D eigenvalue weighted by Crippen LogP contribution is -2.28. The number of amides is 1. The Morgan fingerprint density at radius 1 is 0.933 bits per heavy atom. The Morgan fingerprint density at radius 2 is 1.67 bits per heavy atom. The van der Waals surface area contributed by atoms with Crippen molar-refractivity contribution in [2.45, 2.75) is 13.8 Å². The molecule has 5 heteroatoms. The fourth-order valence-corrected chi connectivity index (χ4v) is 4.24. The lowest BCUT2D eigenvalue weighted by Gasteiger charge is -2.16. The first-order valence-corrected chi connectivity index (χ1v) is 10.5. The highest BCUT2D eigenvalue weighted by molar-refractivity contribution is 8.19. The fourth-order valence-electron chi connectivity index (χ4n) is 3.23. The number of carbonyl (C=O) groups excluding carboxylic acids is 1. The van der Waals surface area contributed by atoms with Crippen molar-refractivity contribution in [3.63, 3.8) is 0 Å². The summed E-state index contributed by atoms with van der Waals surface area (Å²) in [4.78, 5) is 20.5. The number of methoxy groups -OCH3 is 1. The Labute approximate surface area is 180 Å². The number of rotatable bonds is 4. The van der Waals surface area contributed by atoms with Gasteiger partial charge in [0.1, 0.15) is 5.75 Å². The van der Waals surface area contributed by atoms with Gasteiger partial charge in [-0.25, -0.2) is 4.99 Å². The summed E-state index contributed by atoms with van der Waals surface area (Å²) in [5.41, 5.74) is 4.76. The number of benzene rings is 3. The van der Waals surface area contributed by atoms with Crippen LogP contribution in [0.25, 0.3) is 6.08 Å². The molecule has 0 aliphatic carbocycles. The molecule has 0 radical (unpaired) electrons. The van der Waals surface area contributed by atoms with Crippen molar-refractivity contribution >= 4 is 40.3 Å². The summed E-state index contributed by atoms with van der Waals surface area (Å²) in [7, 11) is 1.63. The lowest BCUT2D eigenvalue weighted by atomic mass is 10.2. The van der Waals surface area contributed by atoms with Crippen LogP contribution in [0.15, 0.2) is 82.7 Å². The second-order valence-electron chi connectivity index (χ2n) is 7.10. The minimum absolute atomic E-state index is 0.0835. The summed E-state index contributed by atoms with van der Waals surface area (Å²) in [6.07, 6.45) is 1.89. The first-order chi connectivity index (χ1) is 14.5. The largest absolute Gasteiger partial charge is 0.497 e. The number of carbonyl (C=O) groups is 1. The van der Waals surface area contributed by atoms with Gasteiger partial charge in [0.2, 0.25) is 0 Å². The van der Waals surface area contributed by atoms with Crippen molar-refractivity contribution in [2.24, 2.45) is 4.99 Å². The molecule has 1 aliphatic heterocycles. The second kappa shape index (κ2) is 8.59. The number of nitrogens with zero attached hydrogens (tertiary/aromatic N) is 2. The normalized spacial score (nSPS) is 16.5. The number of anilines is 1. The van der Waals surface area contributed by atoms with Gasteiger partial charge in [-0.1, -0.05) is 36.4 Å². The van der Waals surface area contributed by atoms with Crippen molar-refractivity contribution in [3.05, 3.63) is 94.4 Å². The van der Waals surface area contributed by atoms with Gasteiger partial charge in [0.05, 0.1) is 23.4 Å². The highest BCUT2D eigenvalue weighted by Gasteiger charge is 2.34. The van der Waals surface area contributed by atoms with Crippen molar-refractivity contribution in [2.75, 3.05) is 12.0 Å². The average molecular weight is 415 g/mol. The van der Waals surface area contributed by atoms with Crippen LogP contribution in [0.4, 0.5) is 11.4 Å². The third-order valence-electron chi connectivity index (χ3n) is 4.68. The van der Waals surface area contributed by atoms with E-state index >= 15 is 0 Å². The van der Waals surface area contributed by atoms with E-state index in [1.807, 2.05) is 92.7 Å². The molecule has 1 heterocycles. The molecule has 150 valence electrons. The molecule has 1 saturated heterocycles. The van der Waals surface area contributed by atoms with Gasteiger partial charge < -0.3 is 4.74 Å². The summed E-state index contributed by atoms with van der Waals surface area (Å²) in [6, 6.07) is 23.5. The molecule has 3 aromatic carbocycles. The Kier molecular flexibility index (Phi) is 5.72. The molecule has 0 bridgehead atoms. The summed E-state index contributed by atoms with van der Waals surface area (Å²) in [6.45, 7) is 4.05. The van der Waals surface area contributed by atoms with E-state index in [9.17, 15) is 4.79 Å². The zero-order chi connectivity index (χ0) is 21.1. The van der Waals surface area contributed by atoms with Crippen molar-refractivity contribution in [1.29, 1.82) is 0 Å². The van der Waals surface area contributed by atoms with E-state index in [0.29, 0.717) is 10.1 Å². The predicted molar refractivity (Wildman–Crippen MR) is 126 cm³/mol. The highest BCUT2D eigenvalue weighted by atomic mass is 32.2. The summed E-state index contributed by atoms with van der Waals surface area (Å²) >= 11 is 1.38. The molecule has 0 N–H and O–H groups in total. The number of aryl methyl sites for hydroxylation is 2. The number of amidine groups is 1. The second-order valence-corrected chi connectivity index (χ2v) is 8.11. The predicted octanol–water partition coefficient (Wildman–Crippen LogP) is 6.12. The minimum Gasteiger partial charge on any atom is -0.497 e. The summed E-state index contributed by atoms with van der Waals surface area (Å²) in [5.74, 6) is 0.670. The molecule has 0 unspecified atom stereocenters. The van der Waals surface area contributed by atoms with Crippen LogP contribution in [-0.2, 0) is 4.79 Å². The molecule has 4 nitrogen and oxygen atoms in total. The molecule has 0 atom stereocenters. The maximum absolute atomic E-state index is 13.4. The molecule has 4 rings (SSSR count). The standard InChI is InChI=1S/C25H22N2O2S/c1-17-7-4-10-20(13-17)26-25-27(21-11-5-8-18(2)14-21)24(28)23(30-25)16-19-9-6-12-22(15-19)29-3/h4-16H,1-3H3/b23-16+,26-25?. The van der Waals surface area contributed by atoms with Gasteiger partial charge in [0, 0.05) is 0 Å². The van der Waals surface area contributed by atoms with E-state index in [1.54, 1.807) is 12.0 Å². The van der Waals surface area contributed by atoms with Crippen molar-refractivity contribution in [3.8, 4) is 5.75 Å². The van der Waals surface area contributed by atoms with E-state index in [2.05, 4.69) is 0 Å². The molecule has 0 saturated carbocycles. The van der Waals surface area contributed by atoms with Gasteiger partial charge in [0.15, 0.2) is 5.17 Å². The topological polar surface area (TPSA) is 41.9 Å². The maximum atomic E-state index is 13.4. The van der Waals surface area contributed by atoms with Gasteiger partial charge in [-0.05, 0) is 84.8 Å². The Balaban J connectivity index is 1.78. The van der Waals surface area contributed by atoms with Gasteiger partial charge in [-0.2, -0.15) is 0 Å². The zero-order valence-electron chi connectivity index (χ0n) is 17.1. The van der Waals surface area contributed by atoms with Gasteiger partial charge in [0.25, 0.3) is 5.91 Å². The summed E-state index contributed by atoms with van der Waals surface area (Å²) in [5, 5.41) is 0.644. The quantitative estimate of drug-likeness (QED) is 0.483. The maximum Gasteiger partial charge on any atom is 0.271 e. The number of ether oxygens (including phenoxy) is 1. The van der Waals surface area contributed by atoms with E-state index in [-0.39, 0.29) is 5.91 Å². The summed E-state index contributed by atoms with van der Waals surface area (Å²) < 4.78 is 5.31. The molecular formula is C25H22N2O2S. The van der Waals surface area contributed by atoms with Gasteiger partial charge in [-0.15, -0.1) is 0 Å². The number of hydrogen-bond donors (Lipinski definition) is 0. The van der Waals surface area contributed by atoms with Crippen LogP contribution in [0.5, 0.6) is 5.75 Å². The van der Waals surface area contributed by atoms with Crippen LogP contribution >= 0.6 is 11.8 Å². The molecule has 3 aromatic rings. The first-order valence-electron chi connectivity index (χ1n) is 9.63. The number of thioether (sulfide) groups is 1. The van der Waals surface area contributed by atoms with Crippen LogP contribution in [-0.4, -0.2) is 18.2 Å². The van der Waals surface area contributed by atoms with E-state index in [1.165, 1.54) is 11.8 Å². The number of aliphatic imine (C=N–C) groups is 1. The molecule has 0 aromatic heterocycles. The lowest BCUT2D eigenvalue weighted by molar-refractivity contribution is -0.113. The third-order valence-corrected chi connectivity index (χ3v) is 5.65. The van der Waals surface area contributed by atoms with E-state index in [4.69, 9.17) is 9.73 Å². The van der Waals surface area contributed by atoms with Gasteiger partial charge in [-0.3, -0.25) is 9.69 Å². The van der Waals surface area contributed by atoms with E-state index < -0.39 is 0 Å². The molecule has 1 fully saturated rings. The van der Waals surface area contributed by atoms with Crippen LogP contribution in [0.2, 0.25) is 0 Å². The van der Waals surface area contributed by atoms with Crippen LogP contribution in [0.1, 0.15) is 16.7 Å². The molecule has 30 heavy (non-hydrogen) atoms. The SMILES string of the molecule is COc1cccc(/C=C2/SC(=Nc3cccc(C)c3)N(c3cccc(C)c3)C2=O)c1. The third kappa shape index (κ3) is 4.31. The van der Waals surface area contributed by atoms with Crippen molar-refractivity contribution < 1.29 is 9.53 Å². The van der Waals surface area contributed by atoms with Crippen LogP contribution in [0.3, 0.4) is 0 Å². The van der Waals surface area contributed by atoms with Gasteiger partial charge >= 0.3 is 0 Å². The Morgan fingerprint density at radius 3 is 2.40 bits per heavy atom. The smallest absolute Gasteiger partial charge is 0.271 e.